The van der Waals surface area contributed by atoms with Gasteiger partial charge in [0.25, 0.3) is 0 Å². The first-order valence-corrected chi connectivity index (χ1v) is 46.3. The molecule has 17 nitrogen and oxygen atoms in total. The number of phosphoric ester groups is 2. The van der Waals surface area contributed by atoms with Crippen molar-refractivity contribution in [1.29, 1.82) is 0 Å². The Kier molecular flexibility index (Phi) is 74.1. The summed E-state index contributed by atoms with van der Waals surface area (Å²) in [6, 6.07) is 0. The van der Waals surface area contributed by atoms with E-state index in [0.717, 1.165) is 115 Å². The van der Waals surface area contributed by atoms with E-state index in [1.54, 1.807) is 0 Å². The van der Waals surface area contributed by atoms with Gasteiger partial charge in [-0.05, 0) is 63.2 Å². The molecule has 0 aromatic heterocycles. The number of unbranched alkanes of at least 4 members (excludes halogenated alkanes) is 48. The molecule has 6 atom stereocenters. The number of phosphoric acid groups is 2. The van der Waals surface area contributed by atoms with Crippen molar-refractivity contribution in [1.82, 2.24) is 0 Å². The van der Waals surface area contributed by atoms with Crippen LogP contribution in [-0.4, -0.2) is 96.7 Å². The second-order valence-electron chi connectivity index (χ2n) is 30.6. The second kappa shape index (κ2) is 75.9. The SMILES string of the molecule is CCCCCC/C=C\C=C/CCCCCCCC(=O)O[C@H](COC(=O)CCCCCCCCCCCC)COP(=O)(O)OC[C@H](O)COP(=O)(O)OC[C@@H](COC(=O)CCCCCCCCCCCCCCCCC(C)CC)OC(=O)CCCCCCCCCCCCCCCCCCCCC(C)C. The maximum atomic E-state index is 13.1. The van der Waals surface area contributed by atoms with Crippen LogP contribution >= 0.6 is 15.6 Å². The van der Waals surface area contributed by atoms with Crippen LogP contribution in [0.5, 0.6) is 0 Å². The van der Waals surface area contributed by atoms with E-state index in [2.05, 4.69) is 65.8 Å². The highest BCUT2D eigenvalue weighted by atomic mass is 31.2. The monoisotopic (exact) mass is 1520 g/mol. The van der Waals surface area contributed by atoms with Gasteiger partial charge in [0, 0.05) is 25.7 Å². The van der Waals surface area contributed by atoms with Gasteiger partial charge < -0.3 is 33.8 Å². The zero-order valence-electron chi connectivity index (χ0n) is 67.8. The van der Waals surface area contributed by atoms with Crippen molar-refractivity contribution in [2.45, 2.75) is 445 Å². The van der Waals surface area contributed by atoms with Gasteiger partial charge in [-0.15, -0.1) is 0 Å². The number of hydrogen-bond donors (Lipinski definition) is 3. The molecular weight excluding hydrogens is 1350 g/mol. The van der Waals surface area contributed by atoms with Gasteiger partial charge in [-0.25, -0.2) is 9.13 Å². The number of ether oxygens (including phenoxy) is 4. The van der Waals surface area contributed by atoms with Gasteiger partial charge >= 0.3 is 39.5 Å². The molecule has 0 aliphatic heterocycles. The van der Waals surface area contributed by atoms with Crippen molar-refractivity contribution in [2.75, 3.05) is 39.6 Å². The highest BCUT2D eigenvalue weighted by Crippen LogP contribution is 2.45. The third kappa shape index (κ3) is 76.3. The number of rotatable bonds is 82. The summed E-state index contributed by atoms with van der Waals surface area (Å²) in [6.07, 6.45) is 70.1. The Morgan fingerprint density at radius 2 is 0.567 bits per heavy atom. The van der Waals surface area contributed by atoms with Crippen LogP contribution < -0.4 is 0 Å². The van der Waals surface area contributed by atoms with Crippen LogP contribution in [0.4, 0.5) is 0 Å². The molecule has 3 unspecified atom stereocenters. The lowest BCUT2D eigenvalue weighted by Crippen LogP contribution is -2.30. The Morgan fingerprint density at radius 3 is 0.865 bits per heavy atom. The molecule has 104 heavy (non-hydrogen) atoms. The summed E-state index contributed by atoms with van der Waals surface area (Å²) in [4.78, 5) is 73.1. The lowest BCUT2D eigenvalue weighted by Gasteiger charge is -2.21. The van der Waals surface area contributed by atoms with Gasteiger partial charge in [-0.1, -0.05) is 374 Å². The number of carbonyl (C=O) groups excluding carboxylic acids is 4. The highest BCUT2D eigenvalue weighted by molar-refractivity contribution is 7.47. The Bertz CT molecular complexity index is 2090. The zero-order chi connectivity index (χ0) is 76.4. The highest BCUT2D eigenvalue weighted by Gasteiger charge is 2.30. The third-order valence-electron chi connectivity index (χ3n) is 19.7. The number of esters is 4. The molecule has 0 spiro atoms. The van der Waals surface area contributed by atoms with E-state index in [1.165, 1.54) is 231 Å². The summed E-state index contributed by atoms with van der Waals surface area (Å²) in [5.74, 6) is -0.466. The van der Waals surface area contributed by atoms with Crippen molar-refractivity contribution in [3.05, 3.63) is 24.3 Å². The molecular formula is C85H162O17P2. The summed E-state index contributed by atoms with van der Waals surface area (Å²) < 4.78 is 68.8. The average Bonchev–Trinajstić information content (AvgIpc) is 0.906. The topological polar surface area (TPSA) is 237 Å². The minimum Gasteiger partial charge on any atom is -0.462 e. The van der Waals surface area contributed by atoms with Crippen LogP contribution in [0, 0.1) is 11.8 Å². The van der Waals surface area contributed by atoms with E-state index in [-0.39, 0.29) is 25.7 Å². The summed E-state index contributed by atoms with van der Waals surface area (Å²) in [5, 5.41) is 10.7. The maximum Gasteiger partial charge on any atom is 0.472 e. The van der Waals surface area contributed by atoms with Gasteiger partial charge in [0.15, 0.2) is 12.2 Å². The summed E-state index contributed by atoms with van der Waals surface area (Å²) in [6.45, 7) is 9.68. The van der Waals surface area contributed by atoms with Crippen LogP contribution in [-0.2, 0) is 65.4 Å². The van der Waals surface area contributed by atoms with Gasteiger partial charge in [0.1, 0.15) is 19.3 Å². The molecule has 614 valence electrons. The molecule has 0 saturated carbocycles. The van der Waals surface area contributed by atoms with E-state index in [9.17, 15) is 43.2 Å². The molecule has 0 aliphatic rings. The molecule has 0 aliphatic carbocycles. The van der Waals surface area contributed by atoms with E-state index in [0.29, 0.717) is 25.7 Å². The van der Waals surface area contributed by atoms with Crippen molar-refractivity contribution < 1.29 is 80.2 Å². The first-order chi connectivity index (χ1) is 50.4. The van der Waals surface area contributed by atoms with Gasteiger partial charge in [0.05, 0.1) is 26.4 Å². The first-order valence-electron chi connectivity index (χ1n) is 43.3. The fraction of sp³-hybridized carbons (Fsp3) is 0.906. The van der Waals surface area contributed by atoms with Gasteiger partial charge in [-0.2, -0.15) is 0 Å². The van der Waals surface area contributed by atoms with Gasteiger partial charge in [-0.3, -0.25) is 37.3 Å². The Morgan fingerprint density at radius 1 is 0.317 bits per heavy atom. The Labute approximate surface area is 637 Å². The molecule has 0 bridgehead atoms. The summed E-state index contributed by atoms with van der Waals surface area (Å²) in [5.41, 5.74) is 0. The summed E-state index contributed by atoms with van der Waals surface area (Å²) in [7, 11) is -9.94. The Hall–Kier alpha value is -2.46. The first kappa shape index (κ1) is 102. The van der Waals surface area contributed by atoms with Crippen molar-refractivity contribution in [3.63, 3.8) is 0 Å². The third-order valence-corrected chi connectivity index (χ3v) is 21.6. The molecule has 0 rings (SSSR count). The lowest BCUT2D eigenvalue weighted by molar-refractivity contribution is -0.161. The molecule has 0 amide bonds. The van der Waals surface area contributed by atoms with Crippen LogP contribution in [0.1, 0.15) is 427 Å². The molecule has 0 fully saturated rings. The van der Waals surface area contributed by atoms with Gasteiger partial charge in [0.2, 0.25) is 0 Å². The smallest absolute Gasteiger partial charge is 0.462 e. The molecule has 0 heterocycles. The molecule has 0 aromatic carbocycles. The number of aliphatic hydroxyl groups excluding tert-OH is 1. The normalized spacial score (nSPS) is 14.2. The number of hydrogen-bond acceptors (Lipinski definition) is 15. The summed E-state index contributed by atoms with van der Waals surface area (Å²) >= 11 is 0. The average molecular weight is 1520 g/mol. The zero-order valence-corrected chi connectivity index (χ0v) is 69.6. The van der Waals surface area contributed by atoms with Crippen LogP contribution in [0.15, 0.2) is 24.3 Å². The molecule has 0 radical (unpaired) electrons. The molecule has 0 aromatic rings. The van der Waals surface area contributed by atoms with Crippen molar-refractivity contribution >= 4 is 39.5 Å². The van der Waals surface area contributed by atoms with E-state index < -0.39 is 97.5 Å². The number of carbonyl (C=O) groups is 4. The largest absolute Gasteiger partial charge is 0.472 e. The maximum absolute atomic E-state index is 13.1. The predicted octanol–water partition coefficient (Wildman–Crippen LogP) is 25.4. The van der Waals surface area contributed by atoms with Crippen LogP contribution in [0.3, 0.4) is 0 Å². The van der Waals surface area contributed by atoms with Crippen molar-refractivity contribution in [2.24, 2.45) is 11.8 Å². The molecule has 0 saturated heterocycles. The van der Waals surface area contributed by atoms with Crippen LogP contribution in [0.25, 0.3) is 0 Å². The van der Waals surface area contributed by atoms with E-state index >= 15 is 0 Å². The predicted molar refractivity (Wildman–Crippen MR) is 427 cm³/mol. The Balaban J connectivity index is 5.26. The molecule has 19 heteroatoms. The fourth-order valence-corrected chi connectivity index (χ4v) is 14.3. The number of allylic oxidation sites excluding steroid dienone is 4. The number of aliphatic hydroxyl groups is 1. The fourth-order valence-electron chi connectivity index (χ4n) is 12.7. The molecule has 3 N–H and O–H groups in total. The standard InChI is InChI=1S/C85H162O17P2/c1-7-10-12-14-16-18-20-21-26-34-39-45-51-57-63-69-84(89)101-80(73-95-82(87)67-61-55-49-43-19-17-15-13-11-8-2)75-99-103(91,92)97-71-79(86)72-98-104(93,94)100-76-81(74-96-83(88)68-62-56-50-44-38-33-30-29-32-37-42-48-54-60-66-78(6)9-3)102-85(90)70-64-58-52-46-40-35-28-25-23-22-24-27-31-36-41-47-53-59-65-77(4)5/h18,20-21,26,77-81,86H,7-17,19,22-25,27-76H2,1-6H3,(H,91,92)(H,93,94)/b20-18-,26-21-/t78?,79-,80+,81+/m0/s1. The lowest BCUT2D eigenvalue weighted by atomic mass is 9.99. The van der Waals surface area contributed by atoms with Crippen LogP contribution in [0.2, 0.25) is 0 Å². The van der Waals surface area contributed by atoms with Crippen molar-refractivity contribution in [3.8, 4) is 0 Å². The second-order valence-corrected chi connectivity index (χ2v) is 33.5. The minimum absolute atomic E-state index is 0.0854. The van der Waals surface area contributed by atoms with E-state index in [1.807, 2.05) is 0 Å². The quantitative estimate of drug-likeness (QED) is 0.0169. The van der Waals surface area contributed by atoms with E-state index in [4.69, 9.17) is 37.0 Å². The minimum atomic E-state index is -4.97.